The third-order valence-electron chi connectivity index (χ3n) is 2.94. The van der Waals surface area contributed by atoms with Crippen molar-refractivity contribution >= 4 is 0 Å². The van der Waals surface area contributed by atoms with Gasteiger partial charge in [0.2, 0.25) is 0 Å². The van der Waals surface area contributed by atoms with Gasteiger partial charge in [0, 0.05) is 18.3 Å². The van der Waals surface area contributed by atoms with Crippen LogP contribution in [0.3, 0.4) is 0 Å². The van der Waals surface area contributed by atoms with E-state index in [2.05, 4.69) is 25.1 Å². The molecule has 160 valence electrons. The molecule has 29 heavy (non-hydrogen) atoms. The second-order valence-corrected chi connectivity index (χ2v) is 6.12. The zero-order valence-electron chi connectivity index (χ0n) is 16.1. The van der Waals surface area contributed by atoms with Gasteiger partial charge in [-0.05, 0) is 39.8 Å². The third-order valence-corrected chi connectivity index (χ3v) is 2.94. The minimum Gasteiger partial charge on any atom is -0.222 e. The van der Waals surface area contributed by atoms with Crippen molar-refractivity contribution in [1.82, 2.24) is 34.5 Å². The zero-order valence-corrected chi connectivity index (χ0v) is 18.4. The Morgan fingerprint density at radius 3 is 1.41 bits per heavy atom. The van der Waals surface area contributed by atoms with E-state index in [1.165, 1.54) is 13.3 Å². The SMILES string of the molecule is CC#N.Cc1cc(C)n(-c2ncnc(-n3nc(C)cc3C)n2)n1.[Ag+].[O-][Cl+3]([O-])([O-])[O-]. The second kappa shape index (κ2) is 11.7. The quantitative estimate of drug-likeness (QED) is 0.322. The number of aromatic nitrogens is 7. The van der Waals surface area contributed by atoms with Crippen LogP contribution in [0.2, 0.25) is 0 Å². The average molecular weight is 518 g/mol. The molecule has 0 aliphatic heterocycles. The minimum absolute atomic E-state index is 0. The standard InChI is InChI=1S/C13H15N7.C2H3N.Ag.ClHO4/c1-8-5-10(3)19(17-8)12-14-7-15-13(16-12)20-11(4)6-9(2)18-20;1-2-3;;2-1(3,4)5/h5-7H,1-4H3;1H3;;(H,2,3,4,5)/q;;+1;/p-1. The third kappa shape index (κ3) is 9.22. The molecular weight excluding hydrogens is 500 g/mol. The van der Waals surface area contributed by atoms with Crippen LogP contribution in [0.4, 0.5) is 0 Å². The van der Waals surface area contributed by atoms with Crippen LogP contribution in [0, 0.1) is 49.3 Å². The normalized spacial score (nSPS) is 9.93. The van der Waals surface area contributed by atoms with Crippen molar-refractivity contribution in [3.63, 3.8) is 0 Å². The largest absolute Gasteiger partial charge is 1.00 e. The summed E-state index contributed by atoms with van der Waals surface area (Å²) in [5.74, 6) is 0.987. The van der Waals surface area contributed by atoms with E-state index in [0.717, 1.165) is 22.8 Å². The number of nitriles is 1. The van der Waals surface area contributed by atoms with Crippen LogP contribution < -0.4 is 18.6 Å². The summed E-state index contributed by atoms with van der Waals surface area (Å²) in [6, 6.07) is 5.71. The maximum atomic E-state index is 8.49. The Balaban J connectivity index is 0.000000753. The first-order valence-electron chi connectivity index (χ1n) is 7.65. The molecule has 3 heterocycles. The molecular formula is C15H18AgClN8O4. The number of halogens is 1. The van der Waals surface area contributed by atoms with Gasteiger partial charge < -0.3 is 0 Å². The number of aryl methyl sites for hydroxylation is 4. The summed E-state index contributed by atoms with van der Waals surface area (Å²) < 4.78 is 37.4. The molecule has 0 saturated carbocycles. The van der Waals surface area contributed by atoms with E-state index < -0.39 is 10.2 Å². The van der Waals surface area contributed by atoms with Crippen molar-refractivity contribution in [2.75, 3.05) is 0 Å². The molecule has 0 N–H and O–H groups in total. The molecule has 0 aliphatic carbocycles. The van der Waals surface area contributed by atoms with Crippen LogP contribution in [0.1, 0.15) is 29.7 Å². The van der Waals surface area contributed by atoms with E-state index in [4.69, 9.17) is 23.9 Å². The van der Waals surface area contributed by atoms with Gasteiger partial charge in [0.05, 0.1) is 17.5 Å². The van der Waals surface area contributed by atoms with Gasteiger partial charge in [0.15, 0.2) is 0 Å². The van der Waals surface area contributed by atoms with E-state index >= 15 is 0 Å². The molecule has 0 unspecified atom stereocenters. The topological polar surface area (TPSA) is 190 Å². The van der Waals surface area contributed by atoms with Crippen LogP contribution in [0.5, 0.6) is 0 Å². The first-order valence-corrected chi connectivity index (χ1v) is 8.88. The van der Waals surface area contributed by atoms with Gasteiger partial charge in [-0.15, -0.1) is 10.2 Å². The van der Waals surface area contributed by atoms with Gasteiger partial charge >= 0.3 is 22.4 Å². The molecule has 14 heteroatoms. The van der Waals surface area contributed by atoms with Crippen molar-refractivity contribution in [1.29, 1.82) is 5.26 Å². The van der Waals surface area contributed by atoms with Gasteiger partial charge in [-0.3, -0.25) is 0 Å². The number of nitrogens with zero attached hydrogens (tertiary/aromatic N) is 8. The monoisotopic (exact) mass is 516 g/mol. The van der Waals surface area contributed by atoms with E-state index in [-0.39, 0.29) is 22.4 Å². The molecule has 0 atom stereocenters. The molecule has 0 radical (unpaired) electrons. The van der Waals surface area contributed by atoms with Crippen LogP contribution in [0.15, 0.2) is 18.5 Å². The van der Waals surface area contributed by atoms with E-state index in [9.17, 15) is 0 Å². The summed E-state index contributed by atoms with van der Waals surface area (Å²) in [6.45, 7) is 9.23. The summed E-state index contributed by atoms with van der Waals surface area (Å²) in [4.78, 5) is 12.8. The summed E-state index contributed by atoms with van der Waals surface area (Å²) in [6.07, 6.45) is 1.48. The Bertz CT molecular complexity index is 897. The number of hydrogen-bond acceptors (Lipinski definition) is 10. The molecule has 0 fully saturated rings. The van der Waals surface area contributed by atoms with E-state index in [1.54, 1.807) is 15.4 Å². The maximum absolute atomic E-state index is 8.49. The Morgan fingerprint density at radius 1 is 0.862 bits per heavy atom. The maximum Gasteiger partial charge on any atom is 1.00 e. The zero-order chi connectivity index (χ0) is 21.5. The van der Waals surface area contributed by atoms with Crippen LogP contribution >= 0.6 is 0 Å². The smallest absolute Gasteiger partial charge is 0.222 e. The van der Waals surface area contributed by atoms with Gasteiger partial charge in [-0.25, -0.2) is 28.0 Å². The Kier molecular flexibility index (Phi) is 10.8. The van der Waals surface area contributed by atoms with Gasteiger partial charge in [0.1, 0.15) is 6.33 Å². The summed E-state index contributed by atoms with van der Waals surface area (Å²) in [7, 11) is -4.94. The van der Waals surface area contributed by atoms with Gasteiger partial charge in [0.25, 0.3) is 11.9 Å². The molecule has 0 bridgehead atoms. The molecule has 0 spiro atoms. The molecule has 3 rings (SSSR count). The molecule has 0 aromatic carbocycles. The predicted molar refractivity (Wildman–Crippen MR) is 84.3 cm³/mol. The van der Waals surface area contributed by atoms with Crippen molar-refractivity contribution in [2.45, 2.75) is 34.6 Å². The summed E-state index contributed by atoms with van der Waals surface area (Å²) in [5.41, 5.74) is 3.81. The fraction of sp³-hybridized carbons (Fsp3) is 0.333. The summed E-state index contributed by atoms with van der Waals surface area (Å²) >= 11 is 0. The first kappa shape index (κ1) is 26.8. The van der Waals surface area contributed by atoms with E-state index in [0.29, 0.717) is 11.9 Å². The molecule has 3 aromatic rings. The van der Waals surface area contributed by atoms with Gasteiger partial charge in [-0.2, -0.15) is 30.4 Å². The average Bonchev–Trinajstić information content (AvgIpc) is 3.07. The second-order valence-electron chi connectivity index (χ2n) is 5.36. The molecule has 0 aliphatic rings. The van der Waals surface area contributed by atoms with Crippen molar-refractivity contribution in [2.24, 2.45) is 0 Å². The number of rotatable bonds is 2. The fourth-order valence-corrected chi connectivity index (χ4v) is 2.15. The fourth-order valence-electron chi connectivity index (χ4n) is 2.15. The van der Waals surface area contributed by atoms with Crippen molar-refractivity contribution in [3.8, 4) is 18.0 Å². The molecule has 12 nitrogen and oxygen atoms in total. The number of hydrogen-bond donors (Lipinski definition) is 0. The molecule has 0 amide bonds. The first-order chi connectivity index (χ1) is 13.0. The van der Waals surface area contributed by atoms with Crippen LogP contribution in [-0.2, 0) is 22.4 Å². The Labute approximate surface area is 184 Å². The molecule has 3 aromatic heterocycles. The van der Waals surface area contributed by atoms with Crippen LogP contribution in [0.25, 0.3) is 11.9 Å². The van der Waals surface area contributed by atoms with Crippen molar-refractivity contribution < 1.29 is 51.3 Å². The minimum atomic E-state index is -4.94. The van der Waals surface area contributed by atoms with Crippen molar-refractivity contribution in [3.05, 3.63) is 41.2 Å². The predicted octanol–water partition coefficient (Wildman–Crippen LogP) is -2.75. The van der Waals surface area contributed by atoms with Gasteiger partial charge in [-0.1, -0.05) is 0 Å². The van der Waals surface area contributed by atoms with E-state index in [1.807, 2.05) is 39.8 Å². The molecule has 0 saturated heterocycles. The summed E-state index contributed by atoms with van der Waals surface area (Å²) in [5, 5.41) is 16.1. The Hall–Kier alpha value is -2.21. The van der Waals surface area contributed by atoms with Crippen LogP contribution in [-0.4, -0.2) is 34.5 Å². The Morgan fingerprint density at radius 2 is 1.17 bits per heavy atom.